The number of amides is 1. The molecule has 0 radical (unpaired) electrons. The van der Waals surface area contributed by atoms with Gasteiger partial charge in [-0.1, -0.05) is 61.6 Å². The average molecular weight is 502 g/mol. The summed E-state index contributed by atoms with van der Waals surface area (Å²) in [6.07, 6.45) is -1.50. The number of carbonyl (C=O) groups excluding carboxylic acids is 2. The molecule has 0 bridgehead atoms. The highest BCUT2D eigenvalue weighted by atomic mass is 35.5. The largest absolute Gasteiger partial charge is 0.459 e. The molecular weight excluding hydrogens is 475 g/mol. The van der Waals surface area contributed by atoms with Gasteiger partial charge in [0.15, 0.2) is 0 Å². The van der Waals surface area contributed by atoms with Crippen LogP contribution in [0.25, 0.3) is 0 Å². The molecule has 2 rings (SSSR count). The number of halogens is 3. The fraction of sp³-hybridized carbons (Fsp3) is 0.435. The lowest BCUT2D eigenvalue weighted by Gasteiger charge is -2.29. The van der Waals surface area contributed by atoms with Gasteiger partial charge in [-0.15, -0.1) is 0 Å². The van der Waals surface area contributed by atoms with Crippen molar-refractivity contribution < 1.29 is 19.4 Å². The summed E-state index contributed by atoms with van der Waals surface area (Å²) in [4.78, 5) is 29.9. The molecule has 0 aliphatic heterocycles. The summed E-state index contributed by atoms with van der Waals surface area (Å²) < 4.78 is 5.56. The Labute approximate surface area is 203 Å². The van der Waals surface area contributed by atoms with Gasteiger partial charge in [0, 0.05) is 26.6 Å². The van der Waals surface area contributed by atoms with Crippen LogP contribution in [0.5, 0.6) is 0 Å². The Morgan fingerprint density at radius 3 is 2.06 bits per heavy atom. The molecule has 0 aliphatic rings. The minimum atomic E-state index is -1.50. The normalized spacial score (nSPS) is 13.9. The predicted molar refractivity (Wildman–Crippen MR) is 127 cm³/mol. The Morgan fingerprint density at radius 1 is 1.00 bits per heavy atom. The molecule has 2 atom stereocenters. The van der Waals surface area contributed by atoms with Gasteiger partial charge in [-0.25, -0.2) is 4.98 Å². The van der Waals surface area contributed by atoms with E-state index in [2.05, 4.69) is 10.3 Å². The standard InChI is InChI=1S/C23H27Cl3N2O4/c1-22(2,3)21(31)28-19-12(10-11-15(26)27-19)18(29)17(20(30)32-23(4,5)6)16-13(24)8-7-9-14(16)25/h7-11,17-18,29H,1-6H3,(H,27,28,31). The van der Waals surface area contributed by atoms with Gasteiger partial charge in [0.25, 0.3) is 0 Å². The van der Waals surface area contributed by atoms with E-state index in [0.29, 0.717) is 0 Å². The van der Waals surface area contributed by atoms with Gasteiger partial charge in [0.1, 0.15) is 28.6 Å². The first kappa shape index (κ1) is 26.4. The summed E-state index contributed by atoms with van der Waals surface area (Å²) in [5.41, 5.74) is -1.19. The van der Waals surface area contributed by atoms with Crippen molar-refractivity contribution in [3.8, 4) is 0 Å². The van der Waals surface area contributed by atoms with E-state index in [1.165, 1.54) is 12.1 Å². The lowest BCUT2D eigenvalue weighted by atomic mass is 9.88. The van der Waals surface area contributed by atoms with Crippen LogP contribution in [-0.2, 0) is 14.3 Å². The molecule has 2 unspecified atom stereocenters. The van der Waals surface area contributed by atoms with Crippen LogP contribution in [0, 0.1) is 5.41 Å². The van der Waals surface area contributed by atoms with Crippen LogP contribution in [-0.4, -0.2) is 27.6 Å². The molecule has 1 aromatic carbocycles. The molecule has 32 heavy (non-hydrogen) atoms. The number of rotatable bonds is 5. The molecule has 174 valence electrons. The highest BCUT2D eigenvalue weighted by Gasteiger charge is 2.38. The number of nitrogens with zero attached hydrogens (tertiary/aromatic N) is 1. The second-order valence-electron chi connectivity index (χ2n) is 9.37. The molecule has 2 N–H and O–H groups in total. The fourth-order valence-corrected chi connectivity index (χ4v) is 3.62. The van der Waals surface area contributed by atoms with Crippen molar-refractivity contribution in [3.05, 3.63) is 56.7 Å². The summed E-state index contributed by atoms with van der Waals surface area (Å²) in [6.45, 7) is 10.3. The number of esters is 1. The van der Waals surface area contributed by atoms with E-state index >= 15 is 0 Å². The van der Waals surface area contributed by atoms with Crippen molar-refractivity contribution in [3.63, 3.8) is 0 Å². The zero-order valence-corrected chi connectivity index (χ0v) is 21.1. The Morgan fingerprint density at radius 2 is 1.56 bits per heavy atom. The average Bonchev–Trinajstić information content (AvgIpc) is 2.62. The highest BCUT2D eigenvalue weighted by molar-refractivity contribution is 6.36. The first-order valence-corrected chi connectivity index (χ1v) is 11.1. The van der Waals surface area contributed by atoms with Crippen LogP contribution in [0.2, 0.25) is 15.2 Å². The van der Waals surface area contributed by atoms with Gasteiger partial charge in [-0.2, -0.15) is 0 Å². The van der Waals surface area contributed by atoms with Gasteiger partial charge in [0.05, 0.1) is 0 Å². The van der Waals surface area contributed by atoms with Crippen LogP contribution < -0.4 is 5.32 Å². The number of aliphatic hydroxyl groups is 1. The number of carbonyl (C=O) groups is 2. The number of aliphatic hydroxyl groups excluding tert-OH is 1. The lowest BCUT2D eigenvalue weighted by molar-refractivity contribution is -0.159. The number of nitrogens with one attached hydrogen (secondary N) is 1. The van der Waals surface area contributed by atoms with Crippen molar-refractivity contribution in [2.24, 2.45) is 5.41 Å². The third-order valence-electron chi connectivity index (χ3n) is 4.41. The van der Waals surface area contributed by atoms with Gasteiger partial charge in [-0.05, 0) is 45.0 Å². The molecule has 0 fully saturated rings. The Bertz CT molecular complexity index is 993. The van der Waals surface area contributed by atoms with E-state index in [-0.39, 0.29) is 38.1 Å². The maximum absolute atomic E-state index is 13.2. The number of benzene rings is 1. The van der Waals surface area contributed by atoms with Gasteiger partial charge >= 0.3 is 5.97 Å². The highest BCUT2D eigenvalue weighted by Crippen LogP contribution is 2.42. The maximum Gasteiger partial charge on any atom is 0.317 e. The number of pyridine rings is 1. The molecule has 2 aromatic rings. The van der Waals surface area contributed by atoms with E-state index in [4.69, 9.17) is 39.5 Å². The summed E-state index contributed by atoms with van der Waals surface area (Å²) in [6, 6.07) is 7.70. The van der Waals surface area contributed by atoms with Crippen LogP contribution in [0.1, 0.15) is 64.7 Å². The Balaban J connectivity index is 2.63. The first-order chi connectivity index (χ1) is 14.6. The van der Waals surface area contributed by atoms with Gasteiger partial charge in [-0.3, -0.25) is 9.59 Å². The van der Waals surface area contributed by atoms with Crippen LogP contribution in [0.3, 0.4) is 0 Å². The molecule has 0 spiro atoms. The summed E-state index contributed by atoms with van der Waals surface area (Å²) in [5, 5.41) is 14.6. The third-order valence-corrected chi connectivity index (χ3v) is 5.28. The summed E-state index contributed by atoms with van der Waals surface area (Å²) >= 11 is 18.8. The van der Waals surface area contributed by atoms with E-state index < -0.39 is 29.0 Å². The van der Waals surface area contributed by atoms with E-state index in [0.717, 1.165) is 0 Å². The quantitative estimate of drug-likeness (QED) is 0.377. The monoisotopic (exact) mass is 500 g/mol. The Kier molecular flexibility index (Phi) is 8.21. The fourth-order valence-electron chi connectivity index (χ4n) is 2.84. The number of hydrogen-bond donors (Lipinski definition) is 2. The van der Waals surface area contributed by atoms with Gasteiger partial charge in [0.2, 0.25) is 5.91 Å². The zero-order chi connectivity index (χ0) is 24.4. The summed E-state index contributed by atoms with van der Waals surface area (Å²) in [5.74, 6) is -2.33. The number of aromatic nitrogens is 1. The van der Waals surface area contributed by atoms with Crippen LogP contribution >= 0.6 is 34.8 Å². The topological polar surface area (TPSA) is 88.5 Å². The molecule has 6 nitrogen and oxygen atoms in total. The van der Waals surface area contributed by atoms with Gasteiger partial charge < -0.3 is 15.2 Å². The van der Waals surface area contributed by atoms with E-state index in [1.54, 1.807) is 59.7 Å². The predicted octanol–water partition coefficient (Wildman–Crippen LogP) is 6.19. The number of ether oxygens (including phenoxy) is 1. The third kappa shape index (κ3) is 6.58. The first-order valence-electron chi connectivity index (χ1n) is 9.94. The Hall–Kier alpha value is -1.86. The van der Waals surface area contributed by atoms with E-state index in [9.17, 15) is 14.7 Å². The number of anilines is 1. The van der Waals surface area contributed by atoms with Crippen LogP contribution in [0.4, 0.5) is 5.82 Å². The zero-order valence-electron chi connectivity index (χ0n) is 18.8. The number of hydrogen-bond acceptors (Lipinski definition) is 5. The minimum Gasteiger partial charge on any atom is -0.459 e. The van der Waals surface area contributed by atoms with Crippen molar-refractivity contribution >= 4 is 52.5 Å². The molecule has 0 saturated heterocycles. The van der Waals surface area contributed by atoms with Crippen molar-refractivity contribution in [1.29, 1.82) is 0 Å². The van der Waals surface area contributed by atoms with Crippen molar-refractivity contribution in [1.82, 2.24) is 4.98 Å². The molecular formula is C23H27Cl3N2O4. The molecule has 1 heterocycles. The molecule has 1 amide bonds. The second-order valence-corrected chi connectivity index (χ2v) is 10.6. The van der Waals surface area contributed by atoms with E-state index in [1.807, 2.05) is 0 Å². The smallest absolute Gasteiger partial charge is 0.317 e. The molecule has 0 saturated carbocycles. The SMILES string of the molecule is CC(C)(C)OC(=O)C(c1c(Cl)cccc1Cl)C(O)c1ccc(Cl)nc1NC(=O)C(C)(C)C. The summed E-state index contributed by atoms with van der Waals surface area (Å²) in [7, 11) is 0. The molecule has 9 heteroatoms. The minimum absolute atomic E-state index is 0.0293. The molecule has 1 aromatic heterocycles. The maximum atomic E-state index is 13.2. The van der Waals surface area contributed by atoms with Crippen LogP contribution in [0.15, 0.2) is 30.3 Å². The van der Waals surface area contributed by atoms with Crippen molar-refractivity contribution in [2.75, 3.05) is 5.32 Å². The molecule has 0 aliphatic carbocycles. The second kappa shape index (κ2) is 9.96. The van der Waals surface area contributed by atoms with Crippen molar-refractivity contribution in [2.45, 2.75) is 59.2 Å². The lowest BCUT2D eigenvalue weighted by Crippen LogP contribution is -2.32.